The molecule has 25 heavy (non-hydrogen) atoms. The summed E-state index contributed by atoms with van der Waals surface area (Å²) >= 11 is 0. The minimum Gasteiger partial charge on any atom is -0.508 e. The fourth-order valence-corrected chi connectivity index (χ4v) is 3.23. The van der Waals surface area contributed by atoms with Crippen LogP contribution in [-0.2, 0) is 17.8 Å². The molecule has 1 fully saturated rings. The molecule has 4 heteroatoms. The standard InChI is InChI=1S/C21H26N2O2/c1-17-5-7-19(8-6-17)16-22-11-13-23(14-12-22)21(25)10-9-18-3-2-4-20(24)15-18/h2-8,15,24H,9-14,16H2,1H3. The smallest absolute Gasteiger partial charge is 0.222 e. The second kappa shape index (κ2) is 8.17. The summed E-state index contributed by atoms with van der Waals surface area (Å²) in [4.78, 5) is 16.8. The second-order valence-corrected chi connectivity index (χ2v) is 6.81. The van der Waals surface area contributed by atoms with Gasteiger partial charge in [-0.05, 0) is 36.6 Å². The topological polar surface area (TPSA) is 43.8 Å². The van der Waals surface area contributed by atoms with Crippen LogP contribution < -0.4 is 0 Å². The van der Waals surface area contributed by atoms with Crippen molar-refractivity contribution < 1.29 is 9.90 Å². The molecule has 0 bridgehead atoms. The van der Waals surface area contributed by atoms with Crippen LogP contribution in [0.15, 0.2) is 48.5 Å². The number of carbonyl (C=O) groups is 1. The van der Waals surface area contributed by atoms with Gasteiger partial charge in [-0.2, -0.15) is 0 Å². The Morgan fingerprint density at radius 1 is 1.00 bits per heavy atom. The molecule has 0 aliphatic carbocycles. The zero-order valence-corrected chi connectivity index (χ0v) is 14.8. The lowest BCUT2D eigenvalue weighted by Gasteiger charge is -2.35. The van der Waals surface area contributed by atoms with Crippen molar-refractivity contribution in [2.24, 2.45) is 0 Å². The van der Waals surface area contributed by atoms with Crippen LogP contribution in [0.25, 0.3) is 0 Å². The van der Waals surface area contributed by atoms with E-state index in [0.29, 0.717) is 12.8 Å². The molecule has 0 saturated carbocycles. The Bertz CT molecular complexity index is 704. The van der Waals surface area contributed by atoms with E-state index in [-0.39, 0.29) is 11.7 Å². The van der Waals surface area contributed by atoms with Gasteiger partial charge in [0.05, 0.1) is 0 Å². The normalized spacial score (nSPS) is 15.3. The molecule has 0 atom stereocenters. The van der Waals surface area contributed by atoms with Crippen molar-refractivity contribution in [3.05, 3.63) is 65.2 Å². The van der Waals surface area contributed by atoms with Gasteiger partial charge in [0.25, 0.3) is 0 Å². The Morgan fingerprint density at radius 3 is 2.40 bits per heavy atom. The third-order valence-electron chi connectivity index (χ3n) is 4.79. The molecule has 1 saturated heterocycles. The highest BCUT2D eigenvalue weighted by atomic mass is 16.3. The summed E-state index contributed by atoms with van der Waals surface area (Å²) in [6, 6.07) is 15.8. The highest BCUT2D eigenvalue weighted by Crippen LogP contribution is 2.14. The molecule has 0 spiro atoms. The highest BCUT2D eigenvalue weighted by Gasteiger charge is 2.20. The molecule has 4 nitrogen and oxygen atoms in total. The minimum atomic E-state index is 0.207. The molecule has 1 aliphatic heterocycles. The maximum atomic E-state index is 12.4. The Balaban J connectivity index is 1.43. The predicted octanol–water partition coefficient (Wildman–Crippen LogP) is 2.98. The third kappa shape index (κ3) is 5.07. The number of carbonyl (C=O) groups excluding carboxylic acids is 1. The summed E-state index contributed by atoms with van der Waals surface area (Å²) in [5, 5.41) is 9.49. The number of rotatable bonds is 5. The molecule has 132 valence electrons. The van der Waals surface area contributed by atoms with Crippen LogP contribution in [0, 0.1) is 6.92 Å². The van der Waals surface area contributed by atoms with Crippen molar-refractivity contribution in [2.75, 3.05) is 26.2 Å². The minimum absolute atomic E-state index is 0.207. The number of phenolic OH excluding ortho intramolecular Hbond substituents is 1. The first-order chi connectivity index (χ1) is 12.1. The van der Waals surface area contributed by atoms with Crippen molar-refractivity contribution in [1.82, 2.24) is 9.80 Å². The number of nitrogens with zero attached hydrogens (tertiary/aromatic N) is 2. The van der Waals surface area contributed by atoms with E-state index in [0.717, 1.165) is 38.3 Å². The van der Waals surface area contributed by atoms with E-state index in [1.165, 1.54) is 11.1 Å². The van der Waals surface area contributed by atoms with Crippen LogP contribution in [0.4, 0.5) is 0 Å². The maximum Gasteiger partial charge on any atom is 0.222 e. The van der Waals surface area contributed by atoms with Gasteiger partial charge in [0.2, 0.25) is 5.91 Å². The van der Waals surface area contributed by atoms with Gasteiger partial charge in [0, 0.05) is 39.1 Å². The van der Waals surface area contributed by atoms with Gasteiger partial charge in [-0.15, -0.1) is 0 Å². The zero-order valence-electron chi connectivity index (χ0n) is 14.8. The van der Waals surface area contributed by atoms with E-state index < -0.39 is 0 Å². The SMILES string of the molecule is Cc1ccc(CN2CCN(C(=O)CCc3cccc(O)c3)CC2)cc1. The summed E-state index contributed by atoms with van der Waals surface area (Å²) < 4.78 is 0. The first-order valence-electron chi connectivity index (χ1n) is 8.94. The first kappa shape index (κ1) is 17.5. The van der Waals surface area contributed by atoms with E-state index in [1.807, 2.05) is 17.0 Å². The number of hydrogen-bond donors (Lipinski definition) is 1. The Labute approximate surface area is 149 Å². The van der Waals surface area contributed by atoms with Gasteiger partial charge in [-0.1, -0.05) is 42.0 Å². The lowest BCUT2D eigenvalue weighted by atomic mass is 10.1. The van der Waals surface area contributed by atoms with Gasteiger partial charge in [0.15, 0.2) is 0 Å². The summed E-state index contributed by atoms with van der Waals surface area (Å²) in [6.07, 6.45) is 1.18. The number of aromatic hydroxyl groups is 1. The number of aryl methyl sites for hydroxylation is 2. The molecule has 1 N–H and O–H groups in total. The average molecular weight is 338 g/mol. The number of benzene rings is 2. The quantitative estimate of drug-likeness (QED) is 0.911. The van der Waals surface area contributed by atoms with Crippen LogP contribution in [-0.4, -0.2) is 47.0 Å². The van der Waals surface area contributed by atoms with E-state index in [1.54, 1.807) is 12.1 Å². The molecule has 2 aromatic rings. The number of phenols is 1. The molecule has 0 unspecified atom stereocenters. The fourth-order valence-electron chi connectivity index (χ4n) is 3.23. The molecular formula is C21H26N2O2. The molecule has 1 amide bonds. The van der Waals surface area contributed by atoms with Crippen LogP contribution in [0.1, 0.15) is 23.1 Å². The van der Waals surface area contributed by atoms with E-state index in [2.05, 4.69) is 36.1 Å². The van der Waals surface area contributed by atoms with Gasteiger partial charge in [-0.3, -0.25) is 9.69 Å². The van der Waals surface area contributed by atoms with E-state index in [9.17, 15) is 9.90 Å². The van der Waals surface area contributed by atoms with Crippen molar-refractivity contribution in [1.29, 1.82) is 0 Å². The molecule has 1 heterocycles. The Morgan fingerprint density at radius 2 is 1.72 bits per heavy atom. The predicted molar refractivity (Wildman–Crippen MR) is 99.5 cm³/mol. The lowest BCUT2D eigenvalue weighted by molar-refractivity contribution is -0.133. The molecule has 2 aromatic carbocycles. The molecule has 1 aliphatic rings. The largest absolute Gasteiger partial charge is 0.508 e. The van der Waals surface area contributed by atoms with Crippen molar-refractivity contribution in [2.45, 2.75) is 26.3 Å². The second-order valence-electron chi connectivity index (χ2n) is 6.81. The summed E-state index contributed by atoms with van der Waals surface area (Å²) in [5.74, 6) is 0.466. The van der Waals surface area contributed by atoms with Crippen LogP contribution >= 0.6 is 0 Å². The van der Waals surface area contributed by atoms with Gasteiger partial charge in [-0.25, -0.2) is 0 Å². The zero-order chi connectivity index (χ0) is 17.6. The third-order valence-corrected chi connectivity index (χ3v) is 4.79. The summed E-state index contributed by atoms with van der Waals surface area (Å²) in [5.41, 5.74) is 3.62. The first-order valence-corrected chi connectivity index (χ1v) is 8.94. The summed E-state index contributed by atoms with van der Waals surface area (Å²) in [7, 11) is 0. The van der Waals surface area contributed by atoms with Gasteiger partial charge >= 0.3 is 0 Å². The number of hydrogen-bond acceptors (Lipinski definition) is 3. The van der Waals surface area contributed by atoms with E-state index >= 15 is 0 Å². The summed E-state index contributed by atoms with van der Waals surface area (Å²) in [6.45, 7) is 6.49. The average Bonchev–Trinajstić information content (AvgIpc) is 2.62. The van der Waals surface area contributed by atoms with Gasteiger partial charge < -0.3 is 10.0 Å². The maximum absolute atomic E-state index is 12.4. The van der Waals surface area contributed by atoms with Gasteiger partial charge in [0.1, 0.15) is 5.75 Å². The van der Waals surface area contributed by atoms with Crippen molar-refractivity contribution in [3.63, 3.8) is 0 Å². The van der Waals surface area contributed by atoms with Crippen LogP contribution in [0.3, 0.4) is 0 Å². The molecule has 0 radical (unpaired) electrons. The Kier molecular flexibility index (Phi) is 5.71. The number of piperazine rings is 1. The molecule has 0 aromatic heterocycles. The highest BCUT2D eigenvalue weighted by molar-refractivity contribution is 5.76. The van der Waals surface area contributed by atoms with Crippen molar-refractivity contribution >= 4 is 5.91 Å². The lowest BCUT2D eigenvalue weighted by Crippen LogP contribution is -2.48. The molecule has 3 rings (SSSR count). The van der Waals surface area contributed by atoms with E-state index in [4.69, 9.17) is 0 Å². The van der Waals surface area contributed by atoms with Crippen LogP contribution in [0.5, 0.6) is 5.75 Å². The fraction of sp³-hybridized carbons (Fsp3) is 0.381. The molecular weight excluding hydrogens is 312 g/mol. The Hall–Kier alpha value is -2.33. The van der Waals surface area contributed by atoms with Crippen LogP contribution in [0.2, 0.25) is 0 Å². The van der Waals surface area contributed by atoms with Crippen molar-refractivity contribution in [3.8, 4) is 5.75 Å². The number of amides is 1. The monoisotopic (exact) mass is 338 g/mol.